The Morgan fingerprint density at radius 1 is 1.14 bits per heavy atom. The highest BCUT2D eigenvalue weighted by Gasteiger charge is 2.45. The molecule has 1 aliphatic heterocycles. The van der Waals surface area contributed by atoms with Crippen LogP contribution in [0.15, 0.2) is 71.1 Å². The van der Waals surface area contributed by atoms with E-state index < -0.39 is 33.0 Å². The van der Waals surface area contributed by atoms with E-state index in [2.05, 4.69) is 0 Å². The fraction of sp³-hybridized carbons (Fsp3) is 0.211. The summed E-state index contributed by atoms with van der Waals surface area (Å²) in [5.41, 5.74) is 0.303. The number of nitrogens with zero attached hydrogens (tertiary/aromatic N) is 2. The van der Waals surface area contributed by atoms with E-state index >= 15 is 0 Å². The van der Waals surface area contributed by atoms with E-state index in [1.54, 1.807) is 37.3 Å². The Hall–Kier alpha value is -3.04. The first-order valence-electron chi connectivity index (χ1n) is 8.55. The zero-order chi connectivity index (χ0) is 20.5. The van der Waals surface area contributed by atoms with E-state index in [-0.39, 0.29) is 16.2 Å². The van der Waals surface area contributed by atoms with Gasteiger partial charge in [0.15, 0.2) is 0 Å². The molecule has 0 saturated heterocycles. The van der Waals surface area contributed by atoms with Gasteiger partial charge in [0.25, 0.3) is 5.69 Å². The summed E-state index contributed by atoms with van der Waals surface area (Å²) in [5, 5.41) is 20.5. The Kier molecular flexibility index (Phi) is 5.30. The average Bonchev–Trinajstić information content (AvgIpc) is 3.09. The molecular weight excluding hydrogens is 384 g/mol. The van der Waals surface area contributed by atoms with Crippen molar-refractivity contribution in [2.75, 3.05) is 0 Å². The molecular formula is C19H18N2O6S. The van der Waals surface area contributed by atoms with Crippen molar-refractivity contribution in [3.8, 4) is 0 Å². The van der Waals surface area contributed by atoms with Gasteiger partial charge in [-0.2, -0.15) is 4.31 Å². The van der Waals surface area contributed by atoms with Crippen LogP contribution in [0.25, 0.3) is 0 Å². The monoisotopic (exact) mass is 402 g/mol. The molecule has 0 amide bonds. The highest BCUT2D eigenvalue weighted by Crippen LogP contribution is 2.41. The predicted octanol–water partition coefficient (Wildman–Crippen LogP) is 3.13. The zero-order valence-corrected chi connectivity index (χ0v) is 15.7. The minimum Gasteiger partial charge on any atom is -0.478 e. The number of nitro groups is 1. The summed E-state index contributed by atoms with van der Waals surface area (Å²) >= 11 is 0. The van der Waals surface area contributed by atoms with Gasteiger partial charge in [-0.3, -0.25) is 10.1 Å². The van der Waals surface area contributed by atoms with Crippen molar-refractivity contribution in [1.29, 1.82) is 0 Å². The third-order valence-corrected chi connectivity index (χ3v) is 6.56. The lowest BCUT2D eigenvalue weighted by Crippen LogP contribution is -2.38. The smallest absolute Gasteiger partial charge is 0.333 e. The van der Waals surface area contributed by atoms with Crippen LogP contribution in [-0.2, 0) is 14.8 Å². The molecule has 0 fully saturated rings. The molecule has 0 aromatic heterocycles. The minimum absolute atomic E-state index is 0.0106. The van der Waals surface area contributed by atoms with E-state index in [4.69, 9.17) is 0 Å². The predicted molar refractivity (Wildman–Crippen MR) is 101 cm³/mol. The standard InChI is InChI=1S/C19H18N2O6S/c1-2-14-12-17(19(22)23)18(13-6-4-3-5-7-13)20(14)28(26,27)16-10-8-15(9-11-16)21(24)25/h3-12,14,18H,2H2,1H3,(H,22,23)/t14-,18+/m1/s1. The SMILES string of the molecule is CC[C@@H]1C=C(C(=O)O)[C@H](c2ccccc2)N1S(=O)(=O)c1ccc([N+](=O)[O-])cc1. The van der Waals surface area contributed by atoms with Gasteiger partial charge < -0.3 is 5.11 Å². The van der Waals surface area contributed by atoms with Gasteiger partial charge in [0.05, 0.1) is 21.4 Å². The zero-order valence-electron chi connectivity index (χ0n) is 14.9. The Bertz CT molecular complexity index is 1030. The summed E-state index contributed by atoms with van der Waals surface area (Å²) in [5.74, 6) is -1.19. The second-order valence-corrected chi connectivity index (χ2v) is 8.15. The molecule has 8 nitrogen and oxygen atoms in total. The van der Waals surface area contributed by atoms with E-state index in [1.165, 1.54) is 22.5 Å². The molecule has 2 aromatic carbocycles. The van der Waals surface area contributed by atoms with Crippen LogP contribution in [0, 0.1) is 10.1 Å². The lowest BCUT2D eigenvalue weighted by Gasteiger charge is -2.30. The Labute approximate surface area is 161 Å². The fourth-order valence-corrected chi connectivity index (χ4v) is 5.13. The molecule has 0 spiro atoms. The van der Waals surface area contributed by atoms with Crippen molar-refractivity contribution in [2.45, 2.75) is 30.3 Å². The minimum atomic E-state index is -4.11. The van der Waals surface area contributed by atoms with E-state index in [1.807, 2.05) is 0 Å². The van der Waals surface area contributed by atoms with Crippen molar-refractivity contribution in [3.05, 3.63) is 81.9 Å². The van der Waals surface area contributed by atoms with Crippen LogP contribution < -0.4 is 0 Å². The van der Waals surface area contributed by atoms with Crippen molar-refractivity contribution in [1.82, 2.24) is 4.31 Å². The van der Waals surface area contributed by atoms with Crippen LogP contribution in [0.4, 0.5) is 5.69 Å². The van der Waals surface area contributed by atoms with Gasteiger partial charge >= 0.3 is 5.97 Å². The first-order chi connectivity index (χ1) is 13.3. The lowest BCUT2D eigenvalue weighted by atomic mass is 10.0. The van der Waals surface area contributed by atoms with Gasteiger partial charge in [-0.25, -0.2) is 13.2 Å². The molecule has 3 rings (SSSR count). The summed E-state index contributed by atoms with van der Waals surface area (Å²) < 4.78 is 27.9. The van der Waals surface area contributed by atoms with Gasteiger partial charge in [0.2, 0.25) is 10.0 Å². The molecule has 1 heterocycles. The number of non-ortho nitro benzene ring substituents is 1. The van der Waals surface area contributed by atoms with Crippen molar-refractivity contribution in [2.24, 2.45) is 0 Å². The molecule has 0 unspecified atom stereocenters. The third-order valence-electron chi connectivity index (χ3n) is 4.65. The molecule has 2 aromatic rings. The molecule has 146 valence electrons. The Morgan fingerprint density at radius 3 is 2.25 bits per heavy atom. The van der Waals surface area contributed by atoms with Crippen LogP contribution in [0.2, 0.25) is 0 Å². The molecule has 0 aliphatic carbocycles. The van der Waals surface area contributed by atoms with E-state index in [9.17, 15) is 28.4 Å². The van der Waals surface area contributed by atoms with Gasteiger partial charge in [0, 0.05) is 18.2 Å². The Morgan fingerprint density at radius 2 is 1.75 bits per heavy atom. The number of benzene rings is 2. The lowest BCUT2D eigenvalue weighted by molar-refractivity contribution is -0.384. The second-order valence-electron chi connectivity index (χ2n) is 6.30. The van der Waals surface area contributed by atoms with Gasteiger partial charge in [0.1, 0.15) is 0 Å². The van der Waals surface area contributed by atoms with E-state index in [0.29, 0.717) is 12.0 Å². The molecule has 9 heteroatoms. The third kappa shape index (κ3) is 3.41. The summed E-state index contributed by atoms with van der Waals surface area (Å²) in [6, 6.07) is 11.5. The van der Waals surface area contributed by atoms with Crippen LogP contribution in [0.5, 0.6) is 0 Å². The second kappa shape index (κ2) is 7.53. The molecule has 28 heavy (non-hydrogen) atoms. The van der Waals surface area contributed by atoms with Crippen LogP contribution in [0.3, 0.4) is 0 Å². The van der Waals surface area contributed by atoms with Gasteiger partial charge in [-0.1, -0.05) is 43.3 Å². The fourth-order valence-electron chi connectivity index (χ4n) is 3.33. The number of carbonyl (C=O) groups is 1. The van der Waals surface area contributed by atoms with Crippen LogP contribution in [0.1, 0.15) is 24.9 Å². The normalized spacial score (nSPS) is 20.0. The summed E-state index contributed by atoms with van der Waals surface area (Å²) in [4.78, 5) is 21.9. The molecule has 0 bridgehead atoms. The average molecular weight is 402 g/mol. The number of carboxylic acid groups (broad SMARTS) is 1. The maximum Gasteiger partial charge on any atom is 0.333 e. The highest BCUT2D eigenvalue weighted by molar-refractivity contribution is 7.89. The van der Waals surface area contributed by atoms with Crippen molar-refractivity contribution >= 4 is 21.7 Å². The number of sulfonamides is 1. The number of nitro benzene ring substituents is 1. The number of rotatable bonds is 6. The summed E-state index contributed by atoms with van der Waals surface area (Å²) in [6.45, 7) is 1.77. The number of hydrogen-bond acceptors (Lipinski definition) is 5. The maximum atomic E-state index is 13.4. The molecule has 2 atom stereocenters. The maximum absolute atomic E-state index is 13.4. The number of carboxylic acids is 1. The number of hydrogen-bond donors (Lipinski definition) is 1. The quantitative estimate of drug-likeness (QED) is 0.586. The summed E-state index contributed by atoms with van der Waals surface area (Å²) in [7, 11) is -4.11. The molecule has 1 aliphatic rings. The van der Waals surface area contributed by atoms with Gasteiger partial charge in [-0.05, 0) is 24.1 Å². The topological polar surface area (TPSA) is 118 Å². The number of aliphatic carboxylic acids is 1. The largest absolute Gasteiger partial charge is 0.478 e. The Balaban J connectivity index is 2.12. The first kappa shape index (κ1) is 19.7. The summed E-state index contributed by atoms with van der Waals surface area (Å²) in [6.07, 6.45) is 1.84. The van der Waals surface area contributed by atoms with Gasteiger partial charge in [-0.15, -0.1) is 0 Å². The first-order valence-corrected chi connectivity index (χ1v) is 9.99. The molecule has 0 saturated carbocycles. The van der Waals surface area contributed by atoms with E-state index in [0.717, 1.165) is 12.1 Å². The van der Waals surface area contributed by atoms with Crippen molar-refractivity contribution < 1.29 is 23.2 Å². The highest BCUT2D eigenvalue weighted by atomic mass is 32.2. The van der Waals surface area contributed by atoms with Crippen molar-refractivity contribution in [3.63, 3.8) is 0 Å². The van der Waals surface area contributed by atoms with Crippen LogP contribution >= 0.6 is 0 Å². The van der Waals surface area contributed by atoms with Crippen LogP contribution in [-0.4, -0.2) is 34.8 Å². The molecule has 0 radical (unpaired) electrons. The molecule has 1 N–H and O–H groups in total.